The second-order valence-electron chi connectivity index (χ2n) is 49.4. The number of nitrogens with zero attached hydrogens (tertiary/aromatic N) is 8. The number of aromatic nitrogens is 4. The third-order valence-electron chi connectivity index (χ3n) is 30.5. The molecule has 0 radical (unpaired) electrons. The topological polar surface area (TPSA) is 64.5 Å². The van der Waals surface area contributed by atoms with Crippen molar-refractivity contribution in [2.75, 3.05) is 19.6 Å². The molecule has 16 aromatic rings. The first-order valence-corrected chi connectivity index (χ1v) is 51.9. The Morgan fingerprint density at radius 2 is 0.451 bits per heavy atom. The second-order valence-corrected chi connectivity index (χ2v) is 49.4. The van der Waals surface area contributed by atoms with E-state index in [2.05, 4.69) is 515 Å². The van der Waals surface area contributed by atoms with Crippen LogP contribution in [0.1, 0.15) is 248 Å². The summed E-state index contributed by atoms with van der Waals surface area (Å²) in [4.78, 5) is 33.0. The number of hydrogen-bond acceptors (Lipinski definition) is 8. The highest BCUT2D eigenvalue weighted by atomic mass is 15.2. The smallest absolute Gasteiger partial charge is 0.252 e. The van der Waals surface area contributed by atoms with Gasteiger partial charge in [-0.05, 0) is 291 Å². The molecule has 4 aliphatic rings. The molecule has 4 aliphatic heterocycles. The predicted octanol–water partition coefficient (Wildman–Crippen LogP) is 31.7. The van der Waals surface area contributed by atoms with Crippen molar-refractivity contribution in [3.8, 4) is 67.8 Å². The quantitative estimate of drug-likeness (QED) is 0.0742. The lowest BCUT2D eigenvalue weighted by Crippen LogP contribution is -2.61. The molecule has 0 saturated heterocycles. The molecule has 0 amide bonds. The summed E-state index contributed by atoms with van der Waals surface area (Å²) in [7, 11) is 0. The standard InChI is InChI=1S/C132H140B2N8/c1-83(2)63-85-53-57-113-105(65-85)133-106-66-86(64-84(3)4)54-58-114(106)141(118-50-39-49-117(121(118)133)139(113)101-73-93(125(5,6)7)69-94(74-101)126(8,9)10)103-77-97(129(17,18)19)71-99(79-103)131(23,24)61-62-132(25,26)100-72-98(130(20,21)22)78-104(80-100)142-116-60-56-92(124-137-111(89-45-35-29-36-46-89)82-112(138-124)90-47-37-30-38-48-90)68-108(116)134-107-67-91(123-135-109(87-41-31-27-32-42-87)81-110(136-123)88-43-33-28-34-44-88)55-59-115(107)140(119-51-40-52-120(142)122(119)134)102-75-95(127(11,12)13)70-96(76-102)128(14,15)16/h27-60,65-84H,61-64H2,1-26H3. The average molecular weight is 1860 g/mol. The van der Waals surface area contributed by atoms with Crippen LogP contribution < -0.4 is 52.4 Å². The highest BCUT2D eigenvalue weighted by Gasteiger charge is 2.48. The predicted molar refractivity (Wildman–Crippen MR) is 609 cm³/mol. The minimum Gasteiger partial charge on any atom is -0.311 e. The summed E-state index contributed by atoms with van der Waals surface area (Å²) in [5, 5.41) is 0. The molecular formula is C132H140B2N8. The largest absolute Gasteiger partial charge is 0.311 e. The maximum Gasteiger partial charge on any atom is 0.252 e. The van der Waals surface area contributed by atoms with Crippen molar-refractivity contribution in [1.82, 2.24) is 19.9 Å². The van der Waals surface area contributed by atoms with Crippen molar-refractivity contribution >= 4 is 114 Å². The Morgan fingerprint density at radius 3 is 0.697 bits per heavy atom. The van der Waals surface area contributed by atoms with E-state index in [1.165, 1.54) is 112 Å². The Morgan fingerprint density at radius 1 is 0.218 bits per heavy atom. The van der Waals surface area contributed by atoms with Crippen molar-refractivity contribution in [2.24, 2.45) is 11.8 Å². The number of rotatable bonds is 19. The van der Waals surface area contributed by atoms with Gasteiger partial charge in [-0.3, -0.25) is 0 Å². The molecule has 0 bridgehead atoms. The summed E-state index contributed by atoms with van der Waals surface area (Å²) in [6, 6.07) is 120. The normalized spacial score (nSPS) is 13.7. The Hall–Kier alpha value is -13.4. The maximum absolute atomic E-state index is 5.62. The van der Waals surface area contributed by atoms with Gasteiger partial charge in [-0.25, -0.2) is 19.9 Å². The third kappa shape index (κ3) is 18.4. The highest BCUT2D eigenvalue weighted by molar-refractivity contribution is 7.01. The lowest BCUT2D eigenvalue weighted by Gasteiger charge is -2.45. The van der Waals surface area contributed by atoms with Crippen LogP contribution in [0.5, 0.6) is 0 Å². The van der Waals surface area contributed by atoms with Crippen LogP contribution in [0.4, 0.5) is 68.2 Å². The minimum absolute atomic E-state index is 0.0100. The Balaban J connectivity index is 0.756. The molecule has 0 N–H and O–H groups in total. The van der Waals surface area contributed by atoms with Crippen molar-refractivity contribution in [3.63, 3.8) is 0 Å². The fourth-order valence-electron chi connectivity index (χ4n) is 22.0. The van der Waals surface area contributed by atoms with Gasteiger partial charge in [0.15, 0.2) is 11.6 Å². The SMILES string of the molecule is CC(C)Cc1ccc2c(c1)B1c3cc(CC(C)C)ccc3N(c3cc(C(C)(C)C)cc(C(C)(C)CCC(C)(C)c4cc(N5c6ccc(-c7nc(-c8ccccc8)cc(-c8ccccc8)n7)cc6B6c7cc(-c8nc(-c9ccccc9)cc(-c9ccccc9)n8)ccc7N(c7cc(C(C)(C)C)cc(C(C)(C)C)c7)c7cccc5c76)cc(C(C)(C)C)c4)c3)c3cccc(c31)N2c1cc(C(C)(C)C)cc(C(C)(C)C)c1. The van der Waals surface area contributed by atoms with E-state index in [9.17, 15) is 0 Å². The van der Waals surface area contributed by atoms with Crippen molar-refractivity contribution in [3.05, 3.63) is 371 Å². The summed E-state index contributed by atoms with van der Waals surface area (Å²) >= 11 is 0. The Kier molecular flexibility index (Phi) is 24.3. The van der Waals surface area contributed by atoms with Gasteiger partial charge in [0.1, 0.15) is 0 Å². The molecule has 0 unspecified atom stereocenters. The van der Waals surface area contributed by atoms with Crippen LogP contribution in [0.2, 0.25) is 0 Å². The van der Waals surface area contributed by atoms with Gasteiger partial charge in [-0.2, -0.15) is 0 Å². The van der Waals surface area contributed by atoms with Crippen LogP contribution in [0, 0.1) is 11.8 Å². The number of anilines is 12. The van der Waals surface area contributed by atoms with Crippen molar-refractivity contribution < 1.29 is 0 Å². The monoisotopic (exact) mass is 1860 g/mol. The van der Waals surface area contributed by atoms with Crippen molar-refractivity contribution in [2.45, 2.75) is 249 Å². The fraction of sp³-hybridized carbons (Fsp3) is 0.303. The van der Waals surface area contributed by atoms with Gasteiger partial charge in [0, 0.05) is 102 Å². The lowest BCUT2D eigenvalue weighted by atomic mass is 9.33. The van der Waals surface area contributed by atoms with Crippen LogP contribution >= 0.6 is 0 Å². The van der Waals surface area contributed by atoms with Gasteiger partial charge >= 0.3 is 0 Å². The second kappa shape index (κ2) is 35.9. The van der Waals surface area contributed by atoms with E-state index in [0.717, 1.165) is 127 Å². The zero-order chi connectivity index (χ0) is 100. The molecule has 714 valence electrons. The third-order valence-corrected chi connectivity index (χ3v) is 30.5. The molecule has 0 aliphatic carbocycles. The number of hydrogen-bond donors (Lipinski definition) is 0. The molecule has 0 fully saturated rings. The highest BCUT2D eigenvalue weighted by Crippen LogP contribution is 2.53. The van der Waals surface area contributed by atoms with E-state index in [1.54, 1.807) is 0 Å². The fourth-order valence-corrected chi connectivity index (χ4v) is 22.0. The Bertz CT molecular complexity index is 7370. The van der Waals surface area contributed by atoms with E-state index < -0.39 is 0 Å². The van der Waals surface area contributed by atoms with E-state index in [1.807, 2.05) is 0 Å². The zero-order valence-electron chi connectivity index (χ0n) is 88.7. The molecule has 0 atom stereocenters. The average Bonchev–Trinajstić information content (AvgIpc) is 0.697. The summed E-state index contributed by atoms with van der Waals surface area (Å²) < 4.78 is 0. The van der Waals surface area contributed by atoms with Gasteiger partial charge < -0.3 is 19.6 Å². The number of benzene rings is 14. The zero-order valence-corrected chi connectivity index (χ0v) is 88.7. The molecule has 142 heavy (non-hydrogen) atoms. The van der Waals surface area contributed by atoms with Crippen LogP contribution in [-0.2, 0) is 56.2 Å². The van der Waals surface area contributed by atoms with Gasteiger partial charge in [-0.1, -0.05) is 374 Å². The molecule has 6 heterocycles. The molecule has 8 nitrogen and oxygen atoms in total. The molecule has 0 spiro atoms. The van der Waals surface area contributed by atoms with Gasteiger partial charge in [-0.15, -0.1) is 0 Å². The maximum atomic E-state index is 5.62. The molecule has 10 heteroatoms. The lowest BCUT2D eigenvalue weighted by molar-refractivity contribution is 0.374. The van der Waals surface area contributed by atoms with Gasteiger partial charge in [0.05, 0.1) is 22.8 Å². The molecule has 20 rings (SSSR count). The Labute approximate surface area is 847 Å². The summed E-state index contributed by atoms with van der Waals surface area (Å²) in [6.07, 6.45) is 3.82. The van der Waals surface area contributed by atoms with Crippen molar-refractivity contribution in [1.29, 1.82) is 0 Å². The van der Waals surface area contributed by atoms with E-state index in [0.29, 0.717) is 23.5 Å². The van der Waals surface area contributed by atoms with Gasteiger partial charge in [0.25, 0.3) is 13.4 Å². The summed E-state index contributed by atoms with van der Waals surface area (Å²) in [5.41, 5.74) is 42.6. The van der Waals surface area contributed by atoms with Crippen LogP contribution in [0.3, 0.4) is 0 Å². The van der Waals surface area contributed by atoms with E-state index in [4.69, 9.17) is 19.9 Å². The first-order valence-electron chi connectivity index (χ1n) is 51.9. The molecule has 2 aromatic heterocycles. The summed E-state index contributed by atoms with van der Waals surface area (Å²) in [6.45, 7) is 61.9. The van der Waals surface area contributed by atoms with Crippen LogP contribution in [0.25, 0.3) is 67.8 Å². The molecule has 14 aromatic carbocycles. The van der Waals surface area contributed by atoms with Crippen LogP contribution in [0.15, 0.2) is 315 Å². The molecule has 0 saturated carbocycles. The summed E-state index contributed by atoms with van der Waals surface area (Å²) in [5.74, 6) is 2.29. The minimum atomic E-state index is -0.347. The molecular weight excluding hydrogens is 1720 g/mol. The first kappa shape index (κ1) is 96.1. The van der Waals surface area contributed by atoms with Gasteiger partial charge in [0.2, 0.25) is 0 Å². The number of fused-ring (bicyclic) bond motifs is 8. The van der Waals surface area contributed by atoms with E-state index >= 15 is 0 Å². The first-order chi connectivity index (χ1) is 67.3. The van der Waals surface area contributed by atoms with E-state index in [-0.39, 0.29) is 56.7 Å². The van der Waals surface area contributed by atoms with Crippen LogP contribution in [-0.4, -0.2) is 33.4 Å².